The van der Waals surface area contributed by atoms with E-state index in [9.17, 15) is 18.0 Å². The zero-order chi connectivity index (χ0) is 15.3. The highest BCUT2D eigenvalue weighted by atomic mass is 79.9. The Morgan fingerprint density at radius 1 is 1.33 bits per heavy atom. The number of fused-ring (bicyclic) bond motifs is 1. The summed E-state index contributed by atoms with van der Waals surface area (Å²) in [6.45, 7) is 1.59. The van der Waals surface area contributed by atoms with Gasteiger partial charge in [0.05, 0.1) is 5.69 Å². The molecular weight excluding hydrogens is 351 g/mol. The molecule has 4 nitrogen and oxygen atoms in total. The average molecular weight is 364 g/mol. The lowest BCUT2D eigenvalue weighted by atomic mass is 10.1. The molecule has 0 saturated heterocycles. The summed E-state index contributed by atoms with van der Waals surface area (Å²) >= 11 is 3.23. The Morgan fingerprint density at radius 3 is 2.57 bits per heavy atom. The van der Waals surface area contributed by atoms with Gasteiger partial charge in [-0.2, -0.15) is 0 Å². The first kappa shape index (κ1) is 14.6. The van der Waals surface area contributed by atoms with E-state index in [0.717, 1.165) is 12.8 Å². The van der Waals surface area contributed by atoms with Crippen molar-refractivity contribution >= 4 is 33.3 Å². The maximum atomic E-state index is 13.9. The van der Waals surface area contributed by atoms with Gasteiger partial charge in [-0.05, 0) is 47.8 Å². The number of aromatic nitrogens is 1. The molecule has 0 aromatic carbocycles. The molecule has 2 unspecified atom stereocenters. The molecule has 1 aliphatic carbocycles. The van der Waals surface area contributed by atoms with Crippen molar-refractivity contribution in [2.45, 2.75) is 44.6 Å². The number of carbonyl (C=O) groups excluding carboxylic acids is 1. The zero-order valence-corrected chi connectivity index (χ0v) is 12.7. The van der Waals surface area contributed by atoms with Crippen molar-refractivity contribution in [3.63, 3.8) is 0 Å². The Balaban J connectivity index is 2.11. The van der Waals surface area contributed by atoms with E-state index in [4.69, 9.17) is 0 Å². The highest BCUT2D eigenvalue weighted by Gasteiger charge is 2.47. The first-order valence-electron chi connectivity index (χ1n) is 6.62. The number of alkyl halides is 3. The van der Waals surface area contributed by atoms with E-state index in [1.807, 2.05) is 0 Å². The van der Waals surface area contributed by atoms with Crippen LogP contribution in [0.1, 0.15) is 19.8 Å². The van der Waals surface area contributed by atoms with E-state index in [0.29, 0.717) is 15.3 Å². The van der Waals surface area contributed by atoms with Crippen molar-refractivity contribution in [2.24, 2.45) is 0 Å². The predicted octanol–water partition coefficient (Wildman–Crippen LogP) is 3.11. The van der Waals surface area contributed by atoms with Crippen LogP contribution in [0.25, 0.3) is 0 Å². The van der Waals surface area contributed by atoms with Gasteiger partial charge in [0.2, 0.25) is 6.30 Å². The van der Waals surface area contributed by atoms with Gasteiger partial charge in [0.15, 0.2) is 5.82 Å². The minimum absolute atomic E-state index is 0.0981. The molecule has 0 spiro atoms. The highest BCUT2D eigenvalue weighted by molar-refractivity contribution is 9.10. The number of hydrogen-bond donors (Lipinski definition) is 0. The fourth-order valence-electron chi connectivity index (χ4n) is 2.63. The second-order valence-corrected chi connectivity index (χ2v) is 6.02. The van der Waals surface area contributed by atoms with Crippen LogP contribution < -0.4 is 9.80 Å². The lowest BCUT2D eigenvalue weighted by molar-refractivity contribution is -0.122. The molecule has 21 heavy (non-hydrogen) atoms. The molecule has 1 aliphatic heterocycles. The molecule has 0 radical (unpaired) electrons. The molecule has 1 aromatic heterocycles. The van der Waals surface area contributed by atoms with E-state index in [1.165, 1.54) is 12.1 Å². The number of rotatable bonds is 3. The van der Waals surface area contributed by atoms with Gasteiger partial charge in [0.1, 0.15) is 10.6 Å². The van der Waals surface area contributed by atoms with Crippen LogP contribution in [0.2, 0.25) is 0 Å². The summed E-state index contributed by atoms with van der Waals surface area (Å²) < 4.78 is 39.9. The van der Waals surface area contributed by atoms with Gasteiger partial charge in [-0.25, -0.2) is 18.2 Å². The fraction of sp³-hybridized carbons (Fsp3) is 0.538. The summed E-state index contributed by atoms with van der Waals surface area (Å²) in [5.41, 5.74) is 0.0981. The Labute approximate surface area is 128 Å². The molecule has 2 heterocycles. The van der Waals surface area contributed by atoms with E-state index < -0.39 is 24.7 Å². The van der Waals surface area contributed by atoms with Crippen LogP contribution in [0.3, 0.4) is 0 Å². The summed E-state index contributed by atoms with van der Waals surface area (Å²) in [6, 6.07) is 2.42. The molecule has 2 atom stereocenters. The van der Waals surface area contributed by atoms with Crippen molar-refractivity contribution in [1.82, 2.24) is 4.98 Å². The van der Waals surface area contributed by atoms with Crippen molar-refractivity contribution in [2.75, 3.05) is 9.80 Å². The van der Waals surface area contributed by atoms with Gasteiger partial charge >= 0.3 is 0 Å². The van der Waals surface area contributed by atoms with Crippen molar-refractivity contribution in [1.29, 1.82) is 0 Å². The van der Waals surface area contributed by atoms with Gasteiger partial charge in [0, 0.05) is 6.04 Å². The van der Waals surface area contributed by atoms with Crippen LogP contribution in [-0.2, 0) is 4.79 Å². The third kappa shape index (κ3) is 2.39. The molecule has 114 valence electrons. The molecule has 3 rings (SSSR count). The number of anilines is 2. The summed E-state index contributed by atoms with van der Waals surface area (Å²) in [7, 11) is 0. The van der Waals surface area contributed by atoms with Gasteiger partial charge in [-0.1, -0.05) is 0 Å². The first-order valence-corrected chi connectivity index (χ1v) is 7.41. The lowest BCUT2D eigenvalue weighted by Crippen LogP contribution is -2.56. The van der Waals surface area contributed by atoms with Gasteiger partial charge in [-0.15, -0.1) is 0 Å². The van der Waals surface area contributed by atoms with Crippen LogP contribution in [0, 0.1) is 0 Å². The normalized spacial score (nSPS) is 23.5. The molecule has 0 N–H and O–H groups in total. The second kappa shape index (κ2) is 5.15. The summed E-state index contributed by atoms with van der Waals surface area (Å²) in [5.74, 6) is -0.284. The SMILES string of the molecule is CC1C(=O)N(C(F)C(F)F)c2ccc(Br)nc2N1C1CC1. The van der Waals surface area contributed by atoms with Gasteiger partial charge in [0.25, 0.3) is 12.3 Å². The number of halogens is 4. The molecule has 1 saturated carbocycles. The smallest absolute Gasteiger partial charge is 0.288 e. The molecule has 1 fully saturated rings. The number of amides is 1. The zero-order valence-electron chi connectivity index (χ0n) is 11.1. The standard InChI is InChI=1S/C13H13BrF3N3O/c1-6-13(21)20(11(17)10(15)16)8-4-5-9(14)18-12(8)19(6)7-2-3-7/h4-7,10-11H,2-3H2,1H3. The molecule has 0 bridgehead atoms. The van der Waals surface area contributed by atoms with Crippen LogP contribution >= 0.6 is 15.9 Å². The Hall–Kier alpha value is -1.31. The molecule has 8 heteroatoms. The van der Waals surface area contributed by atoms with Gasteiger partial charge < -0.3 is 4.90 Å². The minimum atomic E-state index is -3.26. The predicted molar refractivity (Wildman–Crippen MR) is 75.3 cm³/mol. The number of pyridine rings is 1. The van der Waals surface area contributed by atoms with Crippen molar-refractivity contribution < 1.29 is 18.0 Å². The number of carbonyl (C=O) groups is 1. The quantitative estimate of drug-likeness (QED) is 0.611. The van der Waals surface area contributed by atoms with Crippen molar-refractivity contribution in [3.8, 4) is 0 Å². The Bertz CT molecular complexity index is 582. The van der Waals surface area contributed by atoms with Crippen LogP contribution in [-0.4, -0.2) is 35.7 Å². The van der Waals surface area contributed by atoms with Crippen LogP contribution in [0.4, 0.5) is 24.7 Å². The molecular formula is C13H13BrF3N3O. The Kier molecular flexibility index (Phi) is 3.59. The Morgan fingerprint density at radius 2 is 2.00 bits per heavy atom. The van der Waals surface area contributed by atoms with E-state index in [-0.39, 0.29) is 11.7 Å². The van der Waals surface area contributed by atoms with Gasteiger partial charge in [-0.3, -0.25) is 9.69 Å². The number of hydrogen-bond acceptors (Lipinski definition) is 3. The minimum Gasteiger partial charge on any atom is -0.340 e. The monoisotopic (exact) mass is 363 g/mol. The maximum Gasteiger partial charge on any atom is 0.288 e. The van der Waals surface area contributed by atoms with Crippen molar-refractivity contribution in [3.05, 3.63) is 16.7 Å². The maximum absolute atomic E-state index is 13.9. The molecule has 1 aromatic rings. The number of nitrogens with zero attached hydrogens (tertiary/aromatic N) is 3. The largest absolute Gasteiger partial charge is 0.340 e. The summed E-state index contributed by atoms with van der Waals surface area (Å²) in [4.78, 5) is 18.9. The summed E-state index contributed by atoms with van der Waals surface area (Å²) in [5, 5.41) is 0. The summed E-state index contributed by atoms with van der Waals surface area (Å²) in [6.07, 6.45) is -4.09. The van der Waals surface area contributed by atoms with E-state index in [2.05, 4.69) is 20.9 Å². The molecule has 1 amide bonds. The third-order valence-electron chi connectivity index (χ3n) is 3.73. The van der Waals surface area contributed by atoms with E-state index in [1.54, 1.807) is 11.8 Å². The fourth-order valence-corrected chi connectivity index (χ4v) is 2.93. The van der Waals surface area contributed by atoms with E-state index >= 15 is 0 Å². The van der Waals surface area contributed by atoms with Crippen LogP contribution in [0.5, 0.6) is 0 Å². The first-order chi connectivity index (χ1) is 9.91. The second-order valence-electron chi connectivity index (χ2n) is 5.21. The highest BCUT2D eigenvalue weighted by Crippen LogP contribution is 2.43. The molecule has 2 aliphatic rings. The lowest BCUT2D eigenvalue weighted by Gasteiger charge is -2.41. The third-order valence-corrected chi connectivity index (χ3v) is 4.17. The average Bonchev–Trinajstić information content (AvgIpc) is 3.24. The topological polar surface area (TPSA) is 36.4 Å². The van der Waals surface area contributed by atoms with Crippen LogP contribution in [0.15, 0.2) is 16.7 Å².